The molecule has 2 N–H and O–H groups in total. The second-order valence-electron chi connectivity index (χ2n) is 7.61. The van der Waals surface area contributed by atoms with Crippen molar-refractivity contribution in [3.63, 3.8) is 0 Å². The fraction of sp³-hybridized carbons (Fsp3) is 0.208. The third-order valence-electron chi connectivity index (χ3n) is 4.92. The van der Waals surface area contributed by atoms with Gasteiger partial charge in [-0.25, -0.2) is 8.42 Å². The maximum absolute atomic E-state index is 12.6. The summed E-state index contributed by atoms with van der Waals surface area (Å²) in [4.78, 5) is 11.3. The molecule has 32 heavy (non-hydrogen) atoms. The van der Waals surface area contributed by atoms with Gasteiger partial charge in [0.05, 0.1) is 4.90 Å². The van der Waals surface area contributed by atoms with E-state index in [4.69, 9.17) is 4.74 Å². The number of nitrogens with one attached hydrogen (secondary N) is 1. The topological polar surface area (TPSA) is 92.7 Å². The molecule has 168 valence electrons. The minimum atomic E-state index is -3.94. The Labute approximate surface area is 201 Å². The van der Waals surface area contributed by atoms with Crippen molar-refractivity contribution in [1.82, 2.24) is 4.72 Å². The van der Waals surface area contributed by atoms with E-state index in [0.717, 1.165) is 26.0 Å². The van der Waals surface area contributed by atoms with E-state index < -0.39 is 22.0 Å². The zero-order valence-electron chi connectivity index (χ0n) is 17.7. The van der Waals surface area contributed by atoms with Gasteiger partial charge < -0.3 is 9.84 Å². The maximum atomic E-state index is 12.6. The van der Waals surface area contributed by atoms with Gasteiger partial charge in [0, 0.05) is 9.13 Å². The van der Waals surface area contributed by atoms with Gasteiger partial charge >= 0.3 is 5.97 Å². The number of halogens is 1. The van der Waals surface area contributed by atoms with E-state index in [1.54, 1.807) is 26.0 Å². The van der Waals surface area contributed by atoms with E-state index in [0.29, 0.717) is 6.61 Å². The molecule has 6 nitrogen and oxygen atoms in total. The lowest BCUT2D eigenvalue weighted by Gasteiger charge is -2.18. The highest BCUT2D eigenvalue weighted by molar-refractivity contribution is 14.1. The third-order valence-corrected chi connectivity index (χ3v) is 7.43. The number of aliphatic carboxylic acids is 1. The summed E-state index contributed by atoms with van der Waals surface area (Å²) in [5.74, 6) is -0.845. The largest absolute Gasteiger partial charge is 0.489 e. The van der Waals surface area contributed by atoms with E-state index in [2.05, 4.69) is 27.3 Å². The second kappa shape index (κ2) is 10.5. The van der Waals surface area contributed by atoms with Crippen LogP contribution >= 0.6 is 22.6 Å². The number of rotatable bonds is 9. The second-order valence-corrected chi connectivity index (χ2v) is 10.5. The zero-order valence-corrected chi connectivity index (χ0v) is 20.6. The van der Waals surface area contributed by atoms with Crippen molar-refractivity contribution in [2.75, 3.05) is 0 Å². The van der Waals surface area contributed by atoms with E-state index in [9.17, 15) is 18.3 Å². The van der Waals surface area contributed by atoms with Crippen molar-refractivity contribution in [3.8, 4) is 16.9 Å². The SMILES string of the molecule is CC(C)C(NS(=O)(=O)c1ccc(-c2ccc(OCc3ccccc3I)cc2)cc1)C(=O)O. The van der Waals surface area contributed by atoms with Gasteiger partial charge in [-0.1, -0.05) is 56.3 Å². The number of benzene rings is 3. The van der Waals surface area contributed by atoms with Crippen LogP contribution in [0.2, 0.25) is 0 Å². The molecule has 3 aromatic rings. The Bertz CT molecular complexity index is 1180. The van der Waals surface area contributed by atoms with E-state index in [1.807, 2.05) is 48.5 Å². The Morgan fingerprint density at radius 3 is 2.06 bits per heavy atom. The van der Waals surface area contributed by atoms with Crippen molar-refractivity contribution in [3.05, 3.63) is 81.9 Å². The van der Waals surface area contributed by atoms with Gasteiger partial charge in [-0.2, -0.15) is 4.72 Å². The van der Waals surface area contributed by atoms with Crippen LogP contribution in [0.4, 0.5) is 0 Å². The maximum Gasteiger partial charge on any atom is 0.322 e. The summed E-state index contributed by atoms with van der Waals surface area (Å²) in [5, 5.41) is 9.25. The Balaban J connectivity index is 1.69. The summed E-state index contributed by atoms with van der Waals surface area (Å²) in [6.07, 6.45) is 0. The summed E-state index contributed by atoms with van der Waals surface area (Å²) < 4.78 is 34.4. The molecule has 8 heteroatoms. The number of ether oxygens (including phenoxy) is 1. The number of hydrogen-bond acceptors (Lipinski definition) is 4. The van der Waals surface area contributed by atoms with Crippen molar-refractivity contribution in [2.45, 2.75) is 31.4 Å². The predicted molar refractivity (Wildman–Crippen MR) is 132 cm³/mol. The van der Waals surface area contributed by atoms with E-state index >= 15 is 0 Å². The highest BCUT2D eigenvalue weighted by Gasteiger charge is 2.27. The fourth-order valence-electron chi connectivity index (χ4n) is 3.05. The highest BCUT2D eigenvalue weighted by Crippen LogP contribution is 2.25. The van der Waals surface area contributed by atoms with Gasteiger partial charge in [-0.15, -0.1) is 0 Å². The Morgan fingerprint density at radius 2 is 1.53 bits per heavy atom. The minimum absolute atomic E-state index is 0.0190. The van der Waals surface area contributed by atoms with Crippen LogP contribution in [0.5, 0.6) is 5.75 Å². The van der Waals surface area contributed by atoms with Crippen LogP contribution in [0.3, 0.4) is 0 Å². The molecular weight excluding hydrogens is 541 g/mol. The lowest BCUT2D eigenvalue weighted by molar-refractivity contribution is -0.140. The van der Waals surface area contributed by atoms with Crippen LogP contribution in [-0.2, 0) is 21.4 Å². The van der Waals surface area contributed by atoms with Crippen LogP contribution in [0.1, 0.15) is 19.4 Å². The molecule has 0 aliphatic carbocycles. The predicted octanol–water partition coefficient (Wildman–Crippen LogP) is 4.92. The Hall–Kier alpha value is -2.43. The molecule has 1 unspecified atom stereocenters. The average Bonchev–Trinajstić information content (AvgIpc) is 2.77. The minimum Gasteiger partial charge on any atom is -0.489 e. The number of carbonyl (C=O) groups is 1. The normalized spacial score (nSPS) is 12.5. The van der Waals surface area contributed by atoms with Gasteiger partial charge in [0.25, 0.3) is 0 Å². The van der Waals surface area contributed by atoms with E-state index in [-0.39, 0.29) is 10.8 Å². The first-order chi connectivity index (χ1) is 15.2. The van der Waals surface area contributed by atoms with Crippen LogP contribution in [-0.4, -0.2) is 25.5 Å². The first-order valence-corrected chi connectivity index (χ1v) is 12.6. The lowest BCUT2D eigenvalue weighted by Crippen LogP contribution is -2.44. The molecule has 0 amide bonds. The standard InChI is InChI=1S/C24H24INO5S/c1-16(2)23(24(27)28)26-32(29,30)21-13-9-18(10-14-21)17-7-11-20(12-8-17)31-15-19-5-3-4-6-22(19)25/h3-14,16,23,26H,15H2,1-2H3,(H,27,28). The summed E-state index contributed by atoms with van der Waals surface area (Å²) in [6.45, 7) is 3.78. The molecule has 0 aliphatic heterocycles. The van der Waals surface area contributed by atoms with Crippen LogP contribution in [0.15, 0.2) is 77.7 Å². The van der Waals surface area contributed by atoms with Crippen LogP contribution in [0, 0.1) is 9.49 Å². The van der Waals surface area contributed by atoms with Crippen molar-refractivity contribution >= 4 is 38.6 Å². The highest BCUT2D eigenvalue weighted by atomic mass is 127. The quantitative estimate of drug-likeness (QED) is 0.360. The summed E-state index contributed by atoms with van der Waals surface area (Å²) in [5.41, 5.74) is 2.87. The van der Waals surface area contributed by atoms with Crippen molar-refractivity contribution < 1.29 is 23.1 Å². The first kappa shape index (κ1) is 24.2. The fourth-order valence-corrected chi connectivity index (χ4v) is 4.93. The molecule has 0 saturated heterocycles. The van der Waals surface area contributed by atoms with Gasteiger partial charge in [0.1, 0.15) is 18.4 Å². The molecule has 1 atom stereocenters. The molecule has 0 heterocycles. The molecule has 3 aromatic carbocycles. The Kier molecular flexibility index (Phi) is 7.91. The Morgan fingerprint density at radius 1 is 0.969 bits per heavy atom. The molecule has 0 fully saturated rings. The number of carboxylic acids is 1. The van der Waals surface area contributed by atoms with Gasteiger partial charge in [0.2, 0.25) is 10.0 Å². The first-order valence-electron chi connectivity index (χ1n) is 9.99. The number of sulfonamides is 1. The summed E-state index contributed by atoms with van der Waals surface area (Å²) >= 11 is 2.28. The molecule has 0 bridgehead atoms. The molecule has 0 radical (unpaired) electrons. The van der Waals surface area contributed by atoms with Gasteiger partial charge in [-0.3, -0.25) is 4.79 Å². The van der Waals surface area contributed by atoms with Crippen molar-refractivity contribution in [1.29, 1.82) is 0 Å². The monoisotopic (exact) mass is 565 g/mol. The molecule has 0 spiro atoms. The van der Waals surface area contributed by atoms with Gasteiger partial charge in [-0.05, 0) is 70.0 Å². The molecule has 0 aliphatic rings. The van der Waals surface area contributed by atoms with Crippen LogP contribution in [0.25, 0.3) is 11.1 Å². The molecule has 3 rings (SSSR count). The molecule has 0 saturated carbocycles. The van der Waals surface area contributed by atoms with Gasteiger partial charge in [0.15, 0.2) is 0 Å². The smallest absolute Gasteiger partial charge is 0.322 e. The third kappa shape index (κ3) is 6.08. The van der Waals surface area contributed by atoms with Crippen molar-refractivity contribution in [2.24, 2.45) is 5.92 Å². The number of carboxylic acid groups (broad SMARTS) is 1. The summed E-state index contributed by atoms with van der Waals surface area (Å²) in [6, 6.07) is 20.7. The molecule has 0 aromatic heterocycles. The number of hydrogen-bond donors (Lipinski definition) is 2. The van der Waals surface area contributed by atoms with E-state index in [1.165, 1.54) is 12.1 Å². The van der Waals surface area contributed by atoms with Crippen LogP contribution < -0.4 is 9.46 Å². The summed E-state index contributed by atoms with van der Waals surface area (Å²) in [7, 11) is -3.94. The molecular formula is C24H24INO5S. The zero-order chi connectivity index (χ0) is 23.3. The average molecular weight is 565 g/mol. The lowest BCUT2D eigenvalue weighted by atomic mass is 10.1.